The quantitative estimate of drug-likeness (QED) is 0.746. The van der Waals surface area contributed by atoms with E-state index in [2.05, 4.69) is 5.32 Å². The predicted molar refractivity (Wildman–Crippen MR) is 48.6 cm³/mol. The molecule has 1 nitrogen and oxygen atoms in total. The molecular weight excluding hydrogens is 172 g/mol. The zero-order valence-corrected chi connectivity index (χ0v) is 7.99. The van der Waals surface area contributed by atoms with Crippen molar-refractivity contribution < 1.29 is 8.78 Å². The van der Waals surface area contributed by atoms with Gasteiger partial charge in [0.25, 0.3) is 0 Å². The normalized spacial score (nSPS) is 13.0. The third kappa shape index (κ3) is 2.04. The van der Waals surface area contributed by atoms with Crippen molar-refractivity contribution in [2.75, 3.05) is 7.05 Å². The maximum Gasteiger partial charge on any atom is 0.129 e. The number of hydrogen-bond acceptors (Lipinski definition) is 1. The fraction of sp³-hybridized carbons (Fsp3) is 0.400. The largest absolute Gasteiger partial charge is 0.313 e. The van der Waals surface area contributed by atoms with Crippen molar-refractivity contribution in [3.05, 3.63) is 34.9 Å². The molecule has 0 aliphatic carbocycles. The van der Waals surface area contributed by atoms with Crippen molar-refractivity contribution >= 4 is 0 Å². The van der Waals surface area contributed by atoms with E-state index in [1.165, 1.54) is 6.07 Å². The van der Waals surface area contributed by atoms with Gasteiger partial charge in [-0.2, -0.15) is 0 Å². The standard InChI is InChI=1S/C10H13F2N/c1-6-9(7(2)13-3)4-8(11)5-10(6)12/h4-5,7,13H,1-3H3. The molecule has 1 aromatic carbocycles. The highest BCUT2D eigenvalue weighted by molar-refractivity contribution is 5.30. The Balaban J connectivity index is 3.20. The number of hydrogen-bond donors (Lipinski definition) is 1. The van der Waals surface area contributed by atoms with Crippen molar-refractivity contribution in [1.29, 1.82) is 0 Å². The van der Waals surface area contributed by atoms with Crippen LogP contribution in [-0.2, 0) is 0 Å². The molecule has 1 rings (SSSR count). The minimum Gasteiger partial charge on any atom is -0.313 e. The van der Waals surface area contributed by atoms with Gasteiger partial charge in [-0.25, -0.2) is 8.78 Å². The lowest BCUT2D eigenvalue weighted by Gasteiger charge is -2.14. The number of benzene rings is 1. The van der Waals surface area contributed by atoms with Gasteiger partial charge in [0.05, 0.1) is 0 Å². The Morgan fingerprint density at radius 2 is 1.92 bits per heavy atom. The Morgan fingerprint density at radius 3 is 2.46 bits per heavy atom. The van der Waals surface area contributed by atoms with Crippen LogP contribution in [0.15, 0.2) is 12.1 Å². The van der Waals surface area contributed by atoms with Gasteiger partial charge in [0.15, 0.2) is 0 Å². The summed E-state index contributed by atoms with van der Waals surface area (Å²) in [5.41, 5.74) is 1.17. The van der Waals surface area contributed by atoms with E-state index in [-0.39, 0.29) is 6.04 Å². The Hall–Kier alpha value is -0.960. The molecule has 0 aromatic heterocycles. The highest BCUT2D eigenvalue weighted by Crippen LogP contribution is 2.20. The zero-order valence-electron chi connectivity index (χ0n) is 7.99. The summed E-state index contributed by atoms with van der Waals surface area (Å²) < 4.78 is 25.9. The van der Waals surface area contributed by atoms with E-state index in [0.717, 1.165) is 6.07 Å². The van der Waals surface area contributed by atoms with Crippen LogP contribution in [0.1, 0.15) is 24.1 Å². The smallest absolute Gasteiger partial charge is 0.129 e. The molecule has 0 radical (unpaired) electrons. The van der Waals surface area contributed by atoms with Crippen LogP contribution < -0.4 is 5.32 Å². The summed E-state index contributed by atoms with van der Waals surface area (Å²) in [5.74, 6) is -1.02. The number of halogens is 2. The first-order chi connectivity index (χ1) is 6.06. The summed E-state index contributed by atoms with van der Waals surface area (Å²) in [6.07, 6.45) is 0. The van der Waals surface area contributed by atoms with Gasteiger partial charge < -0.3 is 5.32 Å². The first-order valence-electron chi connectivity index (χ1n) is 4.19. The SMILES string of the molecule is CNC(C)c1cc(F)cc(F)c1C. The fourth-order valence-electron chi connectivity index (χ4n) is 1.27. The molecular formula is C10H13F2N. The van der Waals surface area contributed by atoms with Crippen LogP contribution in [0, 0.1) is 18.6 Å². The van der Waals surface area contributed by atoms with Gasteiger partial charge in [0.2, 0.25) is 0 Å². The molecule has 1 N–H and O–H groups in total. The number of rotatable bonds is 2. The molecule has 0 fully saturated rings. The molecule has 1 unspecified atom stereocenters. The molecule has 0 bridgehead atoms. The van der Waals surface area contributed by atoms with Gasteiger partial charge in [-0.15, -0.1) is 0 Å². The molecule has 72 valence electrons. The van der Waals surface area contributed by atoms with Crippen molar-refractivity contribution in [3.8, 4) is 0 Å². The molecule has 0 amide bonds. The maximum absolute atomic E-state index is 13.1. The molecule has 0 heterocycles. The molecule has 0 saturated carbocycles. The lowest BCUT2D eigenvalue weighted by atomic mass is 10.0. The molecule has 0 saturated heterocycles. The van der Waals surface area contributed by atoms with Crippen molar-refractivity contribution in [2.24, 2.45) is 0 Å². The molecule has 0 spiro atoms. The van der Waals surface area contributed by atoms with Crippen LogP contribution in [0.25, 0.3) is 0 Å². The van der Waals surface area contributed by atoms with Crippen LogP contribution in [0.3, 0.4) is 0 Å². The summed E-state index contributed by atoms with van der Waals surface area (Å²) in [4.78, 5) is 0. The summed E-state index contributed by atoms with van der Waals surface area (Å²) >= 11 is 0. The molecule has 13 heavy (non-hydrogen) atoms. The van der Waals surface area contributed by atoms with E-state index in [1.54, 1.807) is 14.0 Å². The third-order valence-corrected chi connectivity index (χ3v) is 2.25. The van der Waals surface area contributed by atoms with Crippen LogP contribution in [0.2, 0.25) is 0 Å². The Bertz CT molecular complexity index is 310. The maximum atomic E-state index is 13.1. The highest BCUT2D eigenvalue weighted by atomic mass is 19.1. The minimum atomic E-state index is -0.528. The fourth-order valence-corrected chi connectivity index (χ4v) is 1.27. The first-order valence-corrected chi connectivity index (χ1v) is 4.19. The van der Waals surface area contributed by atoms with Crippen LogP contribution >= 0.6 is 0 Å². The van der Waals surface area contributed by atoms with Crippen molar-refractivity contribution in [3.63, 3.8) is 0 Å². The van der Waals surface area contributed by atoms with E-state index >= 15 is 0 Å². The predicted octanol–water partition coefficient (Wildman–Crippen LogP) is 2.55. The van der Waals surface area contributed by atoms with Gasteiger partial charge in [0.1, 0.15) is 11.6 Å². The van der Waals surface area contributed by atoms with Crippen LogP contribution in [0.4, 0.5) is 8.78 Å². The third-order valence-electron chi connectivity index (χ3n) is 2.25. The topological polar surface area (TPSA) is 12.0 Å². The Labute approximate surface area is 76.8 Å². The van der Waals surface area contributed by atoms with Crippen LogP contribution in [-0.4, -0.2) is 7.05 Å². The van der Waals surface area contributed by atoms with Crippen LogP contribution in [0.5, 0.6) is 0 Å². The average molecular weight is 185 g/mol. The summed E-state index contributed by atoms with van der Waals surface area (Å²) in [5, 5.41) is 2.94. The van der Waals surface area contributed by atoms with Crippen molar-refractivity contribution in [1.82, 2.24) is 5.32 Å². The van der Waals surface area contributed by atoms with E-state index < -0.39 is 11.6 Å². The lowest BCUT2D eigenvalue weighted by Crippen LogP contribution is -2.14. The van der Waals surface area contributed by atoms with E-state index in [1.807, 2.05) is 6.92 Å². The van der Waals surface area contributed by atoms with E-state index in [0.29, 0.717) is 11.1 Å². The van der Waals surface area contributed by atoms with Gasteiger partial charge in [-0.05, 0) is 38.1 Å². The van der Waals surface area contributed by atoms with E-state index in [9.17, 15) is 8.78 Å². The second kappa shape index (κ2) is 3.83. The summed E-state index contributed by atoms with van der Waals surface area (Å²) in [6.45, 7) is 3.51. The van der Waals surface area contributed by atoms with Gasteiger partial charge >= 0.3 is 0 Å². The Morgan fingerprint density at radius 1 is 1.31 bits per heavy atom. The molecule has 3 heteroatoms. The molecule has 1 atom stereocenters. The van der Waals surface area contributed by atoms with E-state index in [4.69, 9.17) is 0 Å². The zero-order chi connectivity index (χ0) is 10.0. The highest BCUT2D eigenvalue weighted by Gasteiger charge is 2.11. The molecule has 0 aliphatic rings. The monoisotopic (exact) mass is 185 g/mol. The Kier molecular flexibility index (Phi) is 2.98. The first kappa shape index (κ1) is 10.1. The van der Waals surface area contributed by atoms with Gasteiger partial charge in [0, 0.05) is 12.1 Å². The molecule has 0 aliphatic heterocycles. The minimum absolute atomic E-state index is 0.0369. The van der Waals surface area contributed by atoms with Gasteiger partial charge in [-0.3, -0.25) is 0 Å². The lowest BCUT2D eigenvalue weighted by molar-refractivity contribution is 0.559. The summed E-state index contributed by atoms with van der Waals surface area (Å²) in [6, 6.07) is 2.23. The van der Waals surface area contributed by atoms with Gasteiger partial charge in [-0.1, -0.05) is 0 Å². The van der Waals surface area contributed by atoms with Crippen molar-refractivity contribution in [2.45, 2.75) is 19.9 Å². The summed E-state index contributed by atoms with van der Waals surface area (Å²) in [7, 11) is 1.76. The molecule has 1 aromatic rings. The number of nitrogens with one attached hydrogen (secondary N) is 1. The second-order valence-electron chi connectivity index (χ2n) is 3.11. The average Bonchev–Trinajstić information content (AvgIpc) is 2.10. The second-order valence-corrected chi connectivity index (χ2v) is 3.11.